The van der Waals surface area contributed by atoms with E-state index in [1.807, 2.05) is 0 Å². The molecular weight excluding hydrogens is 204 g/mol. The Morgan fingerprint density at radius 1 is 1.12 bits per heavy atom. The molecule has 4 saturated carbocycles. The van der Waals surface area contributed by atoms with E-state index in [0.717, 1.165) is 37.0 Å². The molecule has 88 valence electrons. The molecule has 0 aromatic carbocycles. The van der Waals surface area contributed by atoms with Crippen molar-refractivity contribution in [3.63, 3.8) is 0 Å². The number of carbonyl (C=O) groups is 1. The molecule has 0 unspecified atom stereocenters. The summed E-state index contributed by atoms with van der Waals surface area (Å²) in [4.78, 5) is 15.1. The van der Waals surface area contributed by atoms with Crippen LogP contribution in [0.2, 0.25) is 0 Å². The molecule has 0 atom stereocenters. The summed E-state index contributed by atoms with van der Waals surface area (Å²) < 4.78 is 0. The average Bonchev–Trinajstić information content (AvgIpc) is 2.13. The van der Waals surface area contributed by atoms with Crippen LogP contribution in [-0.4, -0.2) is 22.5 Å². The summed E-state index contributed by atoms with van der Waals surface area (Å²) in [5.41, 5.74) is 5.37. The van der Waals surface area contributed by atoms with E-state index in [1.54, 1.807) is 0 Å². The van der Waals surface area contributed by atoms with Gasteiger partial charge >= 0.3 is 5.97 Å². The molecule has 4 bridgehead atoms. The van der Waals surface area contributed by atoms with E-state index in [-0.39, 0.29) is 11.4 Å². The van der Waals surface area contributed by atoms with Gasteiger partial charge in [-0.1, -0.05) is 0 Å². The van der Waals surface area contributed by atoms with Gasteiger partial charge in [-0.25, -0.2) is 4.79 Å². The first-order valence-corrected chi connectivity index (χ1v) is 6.15. The summed E-state index contributed by atoms with van der Waals surface area (Å²) in [5, 5.41) is 8.83. The minimum Gasteiger partial charge on any atom is -0.475 e. The summed E-state index contributed by atoms with van der Waals surface area (Å²) in [5.74, 6) is 1.06. The van der Waals surface area contributed by atoms with Crippen LogP contribution in [-0.2, 0) is 4.79 Å². The Bertz CT molecular complexity index is 327. The van der Waals surface area contributed by atoms with Crippen LogP contribution in [0.5, 0.6) is 0 Å². The zero-order valence-electron chi connectivity index (χ0n) is 9.35. The second kappa shape index (κ2) is 3.22. The van der Waals surface area contributed by atoms with Crippen LogP contribution >= 0.6 is 0 Å². The molecular formula is C12H18N2O2. The van der Waals surface area contributed by atoms with Gasteiger partial charge in [0.15, 0.2) is 0 Å². The zero-order valence-corrected chi connectivity index (χ0v) is 9.35. The highest BCUT2D eigenvalue weighted by Crippen LogP contribution is 2.57. The summed E-state index contributed by atoms with van der Waals surface area (Å²) in [6, 6.07) is 0. The molecule has 0 aliphatic heterocycles. The predicted molar refractivity (Wildman–Crippen MR) is 60.2 cm³/mol. The zero-order chi connectivity index (χ0) is 11.3. The molecule has 0 spiro atoms. The number of nitrogens with two attached hydrogens (primary N) is 1. The normalized spacial score (nSPS) is 46.0. The van der Waals surface area contributed by atoms with Gasteiger partial charge in [0.25, 0.3) is 0 Å². The smallest absolute Gasteiger partial charge is 0.370 e. The molecule has 0 radical (unpaired) electrons. The highest BCUT2D eigenvalue weighted by Gasteiger charge is 2.51. The van der Waals surface area contributed by atoms with Crippen molar-refractivity contribution in [3.8, 4) is 0 Å². The van der Waals surface area contributed by atoms with Crippen LogP contribution in [0.3, 0.4) is 0 Å². The number of aliphatic imine (C=N–C) groups is 1. The number of aliphatic carboxylic acids is 1. The highest BCUT2D eigenvalue weighted by molar-refractivity contribution is 6.33. The van der Waals surface area contributed by atoms with E-state index < -0.39 is 5.97 Å². The molecule has 4 nitrogen and oxygen atoms in total. The lowest BCUT2D eigenvalue weighted by molar-refractivity contribution is -0.129. The molecule has 4 heteroatoms. The molecule has 0 aromatic rings. The van der Waals surface area contributed by atoms with Crippen molar-refractivity contribution in [2.24, 2.45) is 28.5 Å². The van der Waals surface area contributed by atoms with Crippen molar-refractivity contribution in [3.05, 3.63) is 0 Å². The topological polar surface area (TPSA) is 75.7 Å². The van der Waals surface area contributed by atoms with Crippen molar-refractivity contribution in [2.45, 2.75) is 44.1 Å². The summed E-state index contributed by atoms with van der Waals surface area (Å²) in [6.07, 6.45) is 7.19. The van der Waals surface area contributed by atoms with Gasteiger partial charge in [-0.2, -0.15) is 0 Å². The fraction of sp³-hybridized carbons (Fsp3) is 0.833. The molecule has 4 rings (SSSR count). The Balaban J connectivity index is 1.89. The van der Waals surface area contributed by atoms with Crippen LogP contribution in [0, 0.1) is 17.8 Å². The van der Waals surface area contributed by atoms with Gasteiger partial charge in [0.1, 0.15) is 0 Å². The van der Waals surface area contributed by atoms with Crippen molar-refractivity contribution >= 4 is 11.8 Å². The van der Waals surface area contributed by atoms with E-state index in [2.05, 4.69) is 4.99 Å². The van der Waals surface area contributed by atoms with E-state index in [1.165, 1.54) is 19.3 Å². The standard InChI is InChI=1S/C12H18N2O2/c13-10(11(15)16)14-12-4-7-1-8(5-12)3-9(2-7)6-12/h7-9H,1-6H2,(H2,13,14)(H,15,16). The maximum absolute atomic E-state index is 10.8. The fourth-order valence-corrected chi connectivity index (χ4v) is 4.51. The first-order chi connectivity index (χ1) is 7.56. The Hall–Kier alpha value is -1.06. The SMILES string of the molecule is NC(=NC12CC3CC(CC(C3)C1)C2)C(=O)O. The third-order valence-corrected chi connectivity index (χ3v) is 4.58. The maximum Gasteiger partial charge on any atom is 0.370 e. The van der Waals surface area contributed by atoms with Crippen molar-refractivity contribution in [1.82, 2.24) is 0 Å². The van der Waals surface area contributed by atoms with Crippen LogP contribution in [0.25, 0.3) is 0 Å². The van der Waals surface area contributed by atoms with E-state index in [4.69, 9.17) is 10.8 Å². The van der Waals surface area contributed by atoms with E-state index in [0.29, 0.717) is 0 Å². The second-order valence-corrected chi connectivity index (χ2v) is 5.94. The number of carboxylic acids is 1. The molecule has 0 heterocycles. The number of hydrogen-bond acceptors (Lipinski definition) is 2. The lowest BCUT2D eigenvalue weighted by Crippen LogP contribution is -2.50. The molecule has 3 N–H and O–H groups in total. The van der Waals surface area contributed by atoms with Gasteiger partial charge in [-0.05, 0) is 56.3 Å². The molecule has 0 amide bonds. The largest absolute Gasteiger partial charge is 0.475 e. The Labute approximate surface area is 94.9 Å². The van der Waals surface area contributed by atoms with Gasteiger partial charge < -0.3 is 10.8 Å². The van der Waals surface area contributed by atoms with E-state index >= 15 is 0 Å². The lowest BCUT2D eigenvalue weighted by Gasteiger charge is -2.54. The van der Waals surface area contributed by atoms with Gasteiger partial charge in [-0.15, -0.1) is 0 Å². The van der Waals surface area contributed by atoms with Crippen molar-refractivity contribution in [1.29, 1.82) is 0 Å². The van der Waals surface area contributed by atoms with Crippen molar-refractivity contribution < 1.29 is 9.90 Å². The van der Waals surface area contributed by atoms with Gasteiger partial charge in [0.2, 0.25) is 5.84 Å². The third-order valence-electron chi connectivity index (χ3n) is 4.58. The van der Waals surface area contributed by atoms with Crippen LogP contribution in [0.4, 0.5) is 0 Å². The summed E-state index contributed by atoms with van der Waals surface area (Å²) in [7, 11) is 0. The lowest BCUT2D eigenvalue weighted by atomic mass is 9.53. The molecule has 16 heavy (non-hydrogen) atoms. The first-order valence-electron chi connectivity index (χ1n) is 6.15. The van der Waals surface area contributed by atoms with Crippen LogP contribution in [0.15, 0.2) is 4.99 Å². The molecule has 0 aromatic heterocycles. The quantitative estimate of drug-likeness (QED) is 0.520. The van der Waals surface area contributed by atoms with Gasteiger partial charge in [-0.3, -0.25) is 4.99 Å². The first kappa shape index (κ1) is 10.1. The summed E-state index contributed by atoms with van der Waals surface area (Å²) in [6.45, 7) is 0. The Kier molecular flexibility index (Phi) is 2.03. The van der Waals surface area contributed by atoms with Crippen LogP contribution < -0.4 is 5.73 Å². The number of amidine groups is 1. The minimum atomic E-state index is -1.07. The van der Waals surface area contributed by atoms with Gasteiger partial charge in [0, 0.05) is 0 Å². The predicted octanol–water partition coefficient (Wildman–Crippen LogP) is 1.40. The van der Waals surface area contributed by atoms with E-state index in [9.17, 15) is 4.79 Å². The third kappa shape index (κ3) is 1.51. The average molecular weight is 222 g/mol. The molecule has 0 saturated heterocycles. The monoisotopic (exact) mass is 222 g/mol. The summed E-state index contributed by atoms with van der Waals surface area (Å²) >= 11 is 0. The highest BCUT2D eigenvalue weighted by atomic mass is 16.4. The molecule has 4 aliphatic carbocycles. The fourth-order valence-electron chi connectivity index (χ4n) is 4.51. The van der Waals surface area contributed by atoms with Gasteiger partial charge in [0.05, 0.1) is 5.54 Å². The Morgan fingerprint density at radius 3 is 1.94 bits per heavy atom. The van der Waals surface area contributed by atoms with Crippen molar-refractivity contribution in [2.75, 3.05) is 0 Å². The van der Waals surface area contributed by atoms with Crippen LogP contribution in [0.1, 0.15) is 38.5 Å². The Morgan fingerprint density at radius 2 is 1.56 bits per heavy atom. The number of carboxylic acid groups (broad SMARTS) is 1. The molecule has 4 fully saturated rings. The number of nitrogens with zero attached hydrogens (tertiary/aromatic N) is 1. The number of hydrogen-bond donors (Lipinski definition) is 2. The molecule has 4 aliphatic rings. The number of rotatable bonds is 1. The minimum absolute atomic E-state index is 0.114. The second-order valence-electron chi connectivity index (χ2n) is 5.94. The maximum atomic E-state index is 10.8.